The molecule has 1 amide bonds. The molecule has 1 N–H and O–H groups in total. The van der Waals surface area contributed by atoms with Crippen molar-refractivity contribution in [2.45, 2.75) is 11.8 Å². The number of esters is 1. The van der Waals surface area contributed by atoms with E-state index in [2.05, 4.69) is 5.32 Å². The van der Waals surface area contributed by atoms with Gasteiger partial charge in [-0.15, -0.1) is 0 Å². The summed E-state index contributed by atoms with van der Waals surface area (Å²) in [6, 6.07) is 19.4. The molecule has 0 saturated heterocycles. The quantitative estimate of drug-likeness (QED) is 0.590. The van der Waals surface area contributed by atoms with Crippen molar-refractivity contribution < 1.29 is 22.7 Å². The third kappa shape index (κ3) is 4.59. The molecule has 0 saturated carbocycles. The van der Waals surface area contributed by atoms with Crippen molar-refractivity contribution >= 4 is 33.3 Å². The summed E-state index contributed by atoms with van der Waals surface area (Å²) in [5, 5.41) is 2.70. The average molecular weight is 439 g/mol. The normalized spacial score (nSPS) is 10.9. The maximum atomic E-state index is 12.9. The topological polar surface area (TPSA) is 92.8 Å². The van der Waals surface area contributed by atoms with Gasteiger partial charge < -0.3 is 10.1 Å². The lowest BCUT2D eigenvalue weighted by atomic mass is 10.1. The summed E-state index contributed by atoms with van der Waals surface area (Å²) >= 11 is 0. The van der Waals surface area contributed by atoms with Crippen LogP contribution in [-0.4, -0.2) is 34.5 Å². The second-order valence-corrected chi connectivity index (χ2v) is 8.75. The van der Waals surface area contributed by atoms with E-state index in [0.29, 0.717) is 22.5 Å². The minimum absolute atomic E-state index is 0.179. The maximum Gasteiger partial charge on any atom is 0.339 e. The number of hydrogen-bond acceptors (Lipinski definition) is 5. The molecule has 0 fully saturated rings. The molecule has 160 valence electrons. The number of hydrogen-bond donors (Lipinski definition) is 1. The molecule has 0 spiro atoms. The van der Waals surface area contributed by atoms with E-state index < -0.39 is 21.9 Å². The van der Waals surface area contributed by atoms with Crippen molar-refractivity contribution in [3.63, 3.8) is 0 Å². The highest BCUT2D eigenvalue weighted by atomic mass is 32.2. The van der Waals surface area contributed by atoms with Crippen molar-refractivity contribution in [2.75, 3.05) is 23.8 Å². The largest absolute Gasteiger partial charge is 0.465 e. The molecule has 0 aliphatic carbocycles. The molecule has 31 heavy (non-hydrogen) atoms. The number of amides is 1. The summed E-state index contributed by atoms with van der Waals surface area (Å²) in [5.74, 6) is -0.991. The fourth-order valence-electron chi connectivity index (χ4n) is 3.10. The third-order valence-electron chi connectivity index (χ3n) is 4.78. The monoisotopic (exact) mass is 438 g/mol. The van der Waals surface area contributed by atoms with Crippen LogP contribution >= 0.6 is 0 Å². The molecular formula is C23H22N2O5S. The molecule has 7 nitrogen and oxygen atoms in total. The van der Waals surface area contributed by atoms with E-state index in [0.717, 1.165) is 0 Å². The lowest BCUT2D eigenvalue weighted by molar-refractivity contribution is 0.0602. The predicted molar refractivity (Wildman–Crippen MR) is 119 cm³/mol. The zero-order chi connectivity index (χ0) is 22.6. The van der Waals surface area contributed by atoms with Crippen LogP contribution in [0.4, 0.5) is 11.4 Å². The highest BCUT2D eigenvalue weighted by molar-refractivity contribution is 7.92. The molecule has 0 aliphatic rings. The fraction of sp³-hybridized carbons (Fsp3) is 0.130. The molecule has 8 heteroatoms. The van der Waals surface area contributed by atoms with Gasteiger partial charge in [0.15, 0.2) is 0 Å². The fourth-order valence-corrected chi connectivity index (χ4v) is 4.39. The second kappa shape index (κ2) is 9.01. The van der Waals surface area contributed by atoms with Crippen LogP contribution in [0.5, 0.6) is 0 Å². The van der Waals surface area contributed by atoms with Crippen LogP contribution in [0.15, 0.2) is 77.7 Å². The molecule has 3 aromatic carbocycles. The molecule has 0 unspecified atom stereocenters. The minimum Gasteiger partial charge on any atom is -0.465 e. The Labute approximate surface area is 181 Å². The van der Waals surface area contributed by atoms with Crippen molar-refractivity contribution in [3.8, 4) is 0 Å². The molecule has 0 radical (unpaired) electrons. The molecule has 0 aliphatic heterocycles. The van der Waals surface area contributed by atoms with Crippen molar-refractivity contribution in [1.29, 1.82) is 0 Å². The Morgan fingerprint density at radius 2 is 1.58 bits per heavy atom. The number of benzene rings is 3. The Hall–Kier alpha value is -3.65. The Bertz CT molecular complexity index is 1220. The van der Waals surface area contributed by atoms with Crippen LogP contribution < -0.4 is 9.62 Å². The first kappa shape index (κ1) is 22.0. The maximum absolute atomic E-state index is 12.9. The van der Waals surface area contributed by atoms with Crippen LogP contribution in [0.25, 0.3) is 0 Å². The van der Waals surface area contributed by atoms with Crippen molar-refractivity contribution in [3.05, 3.63) is 89.5 Å². The number of nitrogens with one attached hydrogen (secondary N) is 1. The molecule has 0 bridgehead atoms. The van der Waals surface area contributed by atoms with E-state index in [9.17, 15) is 18.0 Å². The molecule has 0 aromatic heterocycles. The predicted octanol–water partition coefficient (Wildman–Crippen LogP) is 3.86. The lowest BCUT2D eigenvalue weighted by Gasteiger charge is -2.22. The van der Waals surface area contributed by atoms with Crippen LogP contribution in [0, 0.1) is 6.92 Å². The molecule has 3 aromatic rings. The van der Waals surface area contributed by atoms with Gasteiger partial charge in [-0.05, 0) is 55.0 Å². The summed E-state index contributed by atoms with van der Waals surface area (Å²) in [5.41, 5.74) is 1.95. The SMILES string of the molecule is COC(=O)c1ccccc1NC(=O)c1ccc(N(C)S(=O)(=O)c2ccccc2)c(C)c1. The van der Waals surface area contributed by atoms with Crippen LogP contribution in [0.1, 0.15) is 26.3 Å². The number of para-hydroxylation sites is 1. The third-order valence-corrected chi connectivity index (χ3v) is 6.57. The summed E-state index contributed by atoms with van der Waals surface area (Å²) in [6.45, 7) is 1.73. The van der Waals surface area contributed by atoms with Gasteiger partial charge in [0, 0.05) is 12.6 Å². The number of sulfonamides is 1. The standard InChI is InChI=1S/C23H22N2O5S/c1-16-15-17(22(26)24-20-12-8-7-11-19(20)23(27)30-3)13-14-21(16)25(2)31(28,29)18-9-5-4-6-10-18/h4-15H,1-3H3,(H,24,26). The number of aryl methyl sites for hydroxylation is 1. The first-order valence-corrected chi connectivity index (χ1v) is 10.8. The van der Waals surface area contributed by atoms with Gasteiger partial charge in [0.25, 0.3) is 15.9 Å². The first-order valence-electron chi connectivity index (χ1n) is 9.39. The van der Waals surface area contributed by atoms with Crippen molar-refractivity contribution in [1.82, 2.24) is 0 Å². The van der Waals surface area contributed by atoms with Crippen LogP contribution in [0.3, 0.4) is 0 Å². The lowest BCUT2D eigenvalue weighted by Crippen LogP contribution is -2.27. The summed E-state index contributed by atoms with van der Waals surface area (Å²) in [6.07, 6.45) is 0. The molecular weight excluding hydrogens is 416 g/mol. The summed E-state index contributed by atoms with van der Waals surface area (Å²) in [4.78, 5) is 24.8. The van der Waals surface area contributed by atoms with Gasteiger partial charge in [0.2, 0.25) is 0 Å². The Morgan fingerprint density at radius 1 is 0.935 bits per heavy atom. The number of methoxy groups -OCH3 is 1. The Balaban J connectivity index is 1.86. The van der Waals surface area contributed by atoms with Gasteiger partial charge in [-0.25, -0.2) is 13.2 Å². The smallest absolute Gasteiger partial charge is 0.339 e. The van der Waals surface area contributed by atoms with Gasteiger partial charge in [-0.1, -0.05) is 30.3 Å². The van der Waals surface area contributed by atoms with Gasteiger partial charge in [-0.2, -0.15) is 0 Å². The summed E-state index contributed by atoms with van der Waals surface area (Å²) in [7, 11) is -0.997. The number of carbonyl (C=O) groups excluding carboxylic acids is 2. The van der Waals surface area contributed by atoms with E-state index in [1.165, 1.54) is 36.7 Å². The first-order chi connectivity index (χ1) is 14.8. The van der Waals surface area contributed by atoms with Gasteiger partial charge in [0.1, 0.15) is 0 Å². The second-order valence-electron chi connectivity index (χ2n) is 6.78. The highest BCUT2D eigenvalue weighted by Gasteiger charge is 2.23. The number of ether oxygens (including phenoxy) is 1. The Kier molecular flexibility index (Phi) is 6.41. The minimum atomic E-state index is -3.73. The molecule has 0 atom stereocenters. The number of nitrogens with zero attached hydrogens (tertiary/aromatic N) is 1. The summed E-state index contributed by atoms with van der Waals surface area (Å²) < 4.78 is 31.7. The van der Waals surface area contributed by atoms with Crippen molar-refractivity contribution in [2.24, 2.45) is 0 Å². The molecule has 0 heterocycles. The zero-order valence-electron chi connectivity index (χ0n) is 17.3. The van der Waals surface area contributed by atoms with Crippen LogP contribution in [0.2, 0.25) is 0 Å². The van der Waals surface area contributed by atoms with E-state index in [-0.39, 0.29) is 10.5 Å². The average Bonchev–Trinajstić information content (AvgIpc) is 2.79. The number of anilines is 2. The zero-order valence-corrected chi connectivity index (χ0v) is 18.1. The number of carbonyl (C=O) groups is 2. The van der Waals surface area contributed by atoms with Crippen LogP contribution in [-0.2, 0) is 14.8 Å². The van der Waals surface area contributed by atoms with E-state index in [1.54, 1.807) is 61.5 Å². The highest BCUT2D eigenvalue weighted by Crippen LogP contribution is 2.26. The van der Waals surface area contributed by atoms with Gasteiger partial charge in [0.05, 0.1) is 28.9 Å². The molecule has 3 rings (SSSR count). The van der Waals surface area contributed by atoms with E-state index in [1.807, 2.05) is 0 Å². The van der Waals surface area contributed by atoms with Gasteiger partial charge >= 0.3 is 5.97 Å². The Morgan fingerprint density at radius 3 is 2.23 bits per heavy atom. The van der Waals surface area contributed by atoms with Gasteiger partial charge in [-0.3, -0.25) is 9.10 Å². The van der Waals surface area contributed by atoms with E-state index in [4.69, 9.17) is 4.74 Å². The number of rotatable bonds is 6. The van der Waals surface area contributed by atoms with E-state index >= 15 is 0 Å².